The second-order valence-corrected chi connectivity index (χ2v) is 9.43. The smallest absolute Gasteiger partial charge is 0.344 e. The lowest BCUT2D eigenvalue weighted by Gasteiger charge is -2.12. The quantitative estimate of drug-likeness (QED) is 0.201. The van der Waals surface area contributed by atoms with Crippen LogP contribution in [-0.4, -0.2) is 14.3 Å². The summed E-state index contributed by atoms with van der Waals surface area (Å²) >= 11 is 0. The SMILES string of the molecule is Cn1c(-c2cccc(-c3c4cccc(C(F)(F)F)c4nn3Cc3c(F)cc(F)cc3F)c2)cc2cc(F)ccc21. The first-order valence-electron chi connectivity index (χ1n) is 12.1. The summed E-state index contributed by atoms with van der Waals surface area (Å²) in [6.45, 7) is -0.587. The summed E-state index contributed by atoms with van der Waals surface area (Å²) < 4.78 is 101. The van der Waals surface area contributed by atoms with Gasteiger partial charge in [-0.05, 0) is 42.0 Å². The van der Waals surface area contributed by atoms with Gasteiger partial charge in [0, 0.05) is 52.3 Å². The lowest BCUT2D eigenvalue weighted by Crippen LogP contribution is -2.09. The summed E-state index contributed by atoms with van der Waals surface area (Å²) in [6, 6.07) is 17.6. The maximum atomic E-state index is 14.6. The van der Waals surface area contributed by atoms with Crippen molar-refractivity contribution >= 4 is 21.8 Å². The van der Waals surface area contributed by atoms with E-state index in [0.717, 1.165) is 16.3 Å². The van der Waals surface area contributed by atoms with Crippen molar-refractivity contribution in [2.45, 2.75) is 12.7 Å². The van der Waals surface area contributed by atoms with E-state index in [1.54, 1.807) is 43.4 Å². The molecular weight excluding hydrogens is 535 g/mol. The highest BCUT2D eigenvalue weighted by molar-refractivity contribution is 5.96. The van der Waals surface area contributed by atoms with Gasteiger partial charge in [0.2, 0.25) is 0 Å². The van der Waals surface area contributed by atoms with E-state index >= 15 is 0 Å². The third-order valence-corrected chi connectivity index (χ3v) is 6.93. The Bertz CT molecular complexity index is 1910. The van der Waals surface area contributed by atoms with Crippen molar-refractivity contribution in [1.82, 2.24) is 14.3 Å². The van der Waals surface area contributed by atoms with Crippen LogP contribution in [0.15, 0.2) is 78.9 Å². The third-order valence-electron chi connectivity index (χ3n) is 6.93. The Morgan fingerprint density at radius 2 is 1.45 bits per heavy atom. The van der Waals surface area contributed by atoms with Gasteiger partial charge in [0.05, 0.1) is 17.8 Å². The zero-order valence-corrected chi connectivity index (χ0v) is 20.7. The molecule has 202 valence electrons. The van der Waals surface area contributed by atoms with Gasteiger partial charge in [-0.25, -0.2) is 17.6 Å². The highest BCUT2D eigenvalue weighted by Crippen LogP contribution is 2.39. The Labute approximate surface area is 222 Å². The van der Waals surface area contributed by atoms with Gasteiger partial charge in [-0.2, -0.15) is 18.3 Å². The van der Waals surface area contributed by atoms with Crippen molar-refractivity contribution in [3.8, 4) is 22.5 Å². The van der Waals surface area contributed by atoms with Crippen LogP contribution in [0.2, 0.25) is 0 Å². The number of aromatic nitrogens is 3. The van der Waals surface area contributed by atoms with Crippen molar-refractivity contribution < 1.29 is 30.7 Å². The number of nitrogens with zero attached hydrogens (tertiary/aromatic N) is 3. The number of alkyl halides is 3. The molecule has 0 N–H and O–H groups in total. The first kappa shape index (κ1) is 25.7. The Morgan fingerprint density at radius 3 is 2.17 bits per heavy atom. The van der Waals surface area contributed by atoms with Crippen molar-refractivity contribution in [1.29, 1.82) is 0 Å². The minimum atomic E-state index is -4.73. The third kappa shape index (κ3) is 4.29. The van der Waals surface area contributed by atoms with E-state index in [-0.39, 0.29) is 11.1 Å². The largest absolute Gasteiger partial charge is 0.418 e. The zero-order valence-electron chi connectivity index (χ0n) is 20.7. The van der Waals surface area contributed by atoms with Crippen molar-refractivity contribution in [2.24, 2.45) is 7.05 Å². The van der Waals surface area contributed by atoms with Crippen LogP contribution in [-0.2, 0) is 19.8 Å². The predicted molar refractivity (Wildman–Crippen MR) is 137 cm³/mol. The lowest BCUT2D eigenvalue weighted by atomic mass is 10.0. The highest BCUT2D eigenvalue weighted by Gasteiger charge is 2.34. The fraction of sp³-hybridized carbons (Fsp3) is 0.100. The molecular formula is C30H18F7N3. The van der Waals surface area contributed by atoms with Crippen LogP contribution in [0, 0.1) is 23.3 Å². The molecule has 2 aromatic heterocycles. The lowest BCUT2D eigenvalue weighted by molar-refractivity contribution is -0.136. The molecule has 3 nitrogen and oxygen atoms in total. The maximum absolute atomic E-state index is 14.6. The minimum absolute atomic E-state index is 0.119. The van der Waals surface area contributed by atoms with Gasteiger partial charge in [-0.3, -0.25) is 4.68 Å². The van der Waals surface area contributed by atoms with Crippen LogP contribution in [0.4, 0.5) is 30.7 Å². The molecule has 0 radical (unpaired) electrons. The zero-order chi connectivity index (χ0) is 28.3. The molecule has 0 aliphatic rings. The van der Waals surface area contributed by atoms with E-state index in [1.165, 1.54) is 24.3 Å². The van der Waals surface area contributed by atoms with E-state index in [2.05, 4.69) is 5.10 Å². The van der Waals surface area contributed by atoms with Gasteiger partial charge in [-0.15, -0.1) is 0 Å². The molecule has 0 aliphatic carbocycles. The number of benzene rings is 4. The molecule has 4 aromatic carbocycles. The molecule has 0 amide bonds. The van der Waals surface area contributed by atoms with Crippen LogP contribution in [0.3, 0.4) is 0 Å². The number of hydrogen-bond donors (Lipinski definition) is 0. The van der Waals surface area contributed by atoms with Gasteiger partial charge >= 0.3 is 6.18 Å². The number of halogens is 7. The summed E-state index contributed by atoms with van der Waals surface area (Å²) in [6.07, 6.45) is -4.73. The average molecular weight is 553 g/mol. The molecule has 10 heteroatoms. The molecule has 0 fully saturated rings. The van der Waals surface area contributed by atoms with Gasteiger partial charge in [-0.1, -0.05) is 30.3 Å². The molecule has 6 rings (SSSR count). The molecule has 40 heavy (non-hydrogen) atoms. The van der Waals surface area contributed by atoms with Crippen LogP contribution in [0.1, 0.15) is 11.1 Å². The van der Waals surface area contributed by atoms with E-state index in [0.29, 0.717) is 34.3 Å². The van der Waals surface area contributed by atoms with E-state index in [9.17, 15) is 30.7 Å². The predicted octanol–water partition coefficient (Wildman–Crippen LogP) is 8.49. The highest BCUT2D eigenvalue weighted by atomic mass is 19.4. The van der Waals surface area contributed by atoms with E-state index in [1.807, 2.05) is 4.57 Å². The van der Waals surface area contributed by atoms with Crippen LogP contribution in [0.5, 0.6) is 0 Å². The number of hydrogen-bond acceptors (Lipinski definition) is 1. The van der Waals surface area contributed by atoms with Crippen LogP contribution in [0.25, 0.3) is 44.3 Å². The number of aryl methyl sites for hydroxylation is 1. The van der Waals surface area contributed by atoms with Gasteiger partial charge in [0.1, 0.15) is 28.8 Å². The first-order valence-corrected chi connectivity index (χ1v) is 12.1. The maximum Gasteiger partial charge on any atom is 0.418 e. The molecule has 0 aliphatic heterocycles. The molecule has 6 aromatic rings. The Balaban J connectivity index is 1.58. The summed E-state index contributed by atoms with van der Waals surface area (Å²) in [7, 11) is 1.80. The van der Waals surface area contributed by atoms with Crippen molar-refractivity contribution in [3.05, 3.63) is 113 Å². The molecule has 0 atom stereocenters. The summed E-state index contributed by atoms with van der Waals surface area (Å²) in [4.78, 5) is 0. The van der Waals surface area contributed by atoms with Gasteiger partial charge in [0.15, 0.2) is 0 Å². The van der Waals surface area contributed by atoms with Crippen molar-refractivity contribution in [2.75, 3.05) is 0 Å². The Hall–Kier alpha value is -4.60. The number of rotatable bonds is 4. The summed E-state index contributed by atoms with van der Waals surface area (Å²) in [5.41, 5.74) is 0.836. The molecule has 0 saturated heterocycles. The van der Waals surface area contributed by atoms with Crippen LogP contribution >= 0.6 is 0 Å². The second-order valence-electron chi connectivity index (χ2n) is 9.43. The van der Waals surface area contributed by atoms with Crippen LogP contribution < -0.4 is 0 Å². The molecule has 0 unspecified atom stereocenters. The topological polar surface area (TPSA) is 22.8 Å². The standard InChI is InChI=1S/C30H18F7N3/c1-39-26-9-8-19(31)11-18(26)12-27(39)16-4-2-5-17(10-16)29-21-6-3-7-23(30(35,36)37)28(21)38-40(29)15-22-24(33)13-20(32)14-25(22)34/h2-14H,15H2,1H3. The second kappa shape index (κ2) is 9.25. The molecule has 0 bridgehead atoms. The molecule has 0 spiro atoms. The molecule has 0 saturated carbocycles. The van der Waals surface area contributed by atoms with E-state index in [4.69, 9.17) is 0 Å². The van der Waals surface area contributed by atoms with E-state index < -0.39 is 52.6 Å². The Kier molecular flexibility index (Phi) is 5.94. The number of fused-ring (bicyclic) bond motifs is 2. The first-order chi connectivity index (χ1) is 19.0. The Morgan fingerprint density at radius 1 is 0.750 bits per heavy atom. The van der Waals surface area contributed by atoms with Crippen molar-refractivity contribution in [3.63, 3.8) is 0 Å². The fourth-order valence-electron chi connectivity index (χ4n) is 5.10. The van der Waals surface area contributed by atoms with Gasteiger partial charge in [0.25, 0.3) is 0 Å². The summed E-state index contributed by atoms with van der Waals surface area (Å²) in [5.74, 6) is -3.88. The monoisotopic (exact) mass is 553 g/mol. The van der Waals surface area contributed by atoms with Gasteiger partial charge < -0.3 is 4.57 Å². The fourth-order valence-corrected chi connectivity index (χ4v) is 5.10. The summed E-state index contributed by atoms with van der Waals surface area (Å²) in [5, 5.41) is 4.92. The average Bonchev–Trinajstić information content (AvgIpc) is 3.42. The molecule has 2 heterocycles. The minimum Gasteiger partial charge on any atom is -0.344 e. The normalized spacial score (nSPS) is 12.1.